The molecule has 1 unspecified atom stereocenters. The molecular weight excluding hydrogens is 166 g/mol. The number of nitrogens with two attached hydrogens (primary N) is 1. The van der Waals surface area contributed by atoms with Crippen molar-refractivity contribution in [1.29, 1.82) is 0 Å². The van der Waals surface area contributed by atoms with Gasteiger partial charge < -0.3 is 10.8 Å². The Morgan fingerprint density at radius 3 is 2.08 bits per heavy atom. The fourth-order valence-corrected chi connectivity index (χ4v) is 2.50. The molecule has 13 heavy (non-hydrogen) atoms. The van der Waals surface area contributed by atoms with Crippen molar-refractivity contribution in [2.24, 2.45) is 11.1 Å². The predicted molar refractivity (Wildman–Crippen MR) is 51.4 cm³/mol. The average Bonchev–Trinajstić information content (AvgIpc) is 2.59. The molecule has 1 rings (SSSR count). The quantitative estimate of drug-likeness (QED) is 0.686. The fraction of sp³-hybridized carbons (Fsp3) is 0.900. The van der Waals surface area contributed by atoms with Crippen molar-refractivity contribution < 1.29 is 9.90 Å². The summed E-state index contributed by atoms with van der Waals surface area (Å²) in [6, 6.07) is 0. The van der Waals surface area contributed by atoms with E-state index in [0.717, 1.165) is 25.7 Å². The highest BCUT2D eigenvalue weighted by atomic mass is 16.4. The number of carboxylic acid groups (broad SMARTS) is 1. The van der Waals surface area contributed by atoms with Crippen molar-refractivity contribution in [3.05, 3.63) is 0 Å². The number of hydrogen-bond acceptors (Lipinski definition) is 2. The van der Waals surface area contributed by atoms with Gasteiger partial charge in [0.1, 0.15) is 5.54 Å². The van der Waals surface area contributed by atoms with Crippen LogP contribution >= 0.6 is 0 Å². The number of carboxylic acids is 1. The first-order valence-electron chi connectivity index (χ1n) is 5.04. The summed E-state index contributed by atoms with van der Waals surface area (Å²) >= 11 is 0. The smallest absolute Gasteiger partial charge is 0.324 e. The second-order valence-electron chi connectivity index (χ2n) is 4.23. The van der Waals surface area contributed by atoms with Gasteiger partial charge in [-0.2, -0.15) is 0 Å². The van der Waals surface area contributed by atoms with E-state index < -0.39 is 11.5 Å². The third-order valence-corrected chi connectivity index (χ3v) is 3.28. The topological polar surface area (TPSA) is 63.3 Å². The molecule has 0 aliphatic heterocycles. The van der Waals surface area contributed by atoms with Crippen LogP contribution in [-0.2, 0) is 4.79 Å². The average molecular weight is 185 g/mol. The Labute approximate surface area is 79.3 Å². The molecule has 1 atom stereocenters. The van der Waals surface area contributed by atoms with E-state index in [-0.39, 0.29) is 5.41 Å². The van der Waals surface area contributed by atoms with Gasteiger partial charge in [-0.25, -0.2) is 0 Å². The molecule has 1 aliphatic rings. The largest absolute Gasteiger partial charge is 0.480 e. The van der Waals surface area contributed by atoms with Crippen molar-refractivity contribution in [2.45, 2.75) is 51.5 Å². The molecule has 1 aliphatic carbocycles. The summed E-state index contributed by atoms with van der Waals surface area (Å²) in [7, 11) is 0. The molecule has 0 aromatic rings. The third-order valence-electron chi connectivity index (χ3n) is 3.28. The SMILES string of the molecule is CCCC1(CCC)CC1(N)C(=O)O. The second-order valence-corrected chi connectivity index (χ2v) is 4.23. The molecule has 3 N–H and O–H groups in total. The van der Waals surface area contributed by atoms with Crippen LogP contribution in [0.2, 0.25) is 0 Å². The van der Waals surface area contributed by atoms with Crippen molar-refractivity contribution in [2.75, 3.05) is 0 Å². The van der Waals surface area contributed by atoms with Gasteiger partial charge in [0, 0.05) is 5.41 Å². The summed E-state index contributed by atoms with van der Waals surface area (Å²) in [5.41, 5.74) is 4.83. The highest BCUT2D eigenvalue weighted by Gasteiger charge is 2.68. The molecule has 3 heteroatoms. The Balaban J connectivity index is 2.70. The van der Waals surface area contributed by atoms with E-state index in [1.807, 2.05) is 0 Å². The van der Waals surface area contributed by atoms with Gasteiger partial charge in [-0.15, -0.1) is 0 Å². The van der Waals surface area contributed by atoms with Crippen LogP contribution in [0.1, 0.15) is 46.0 Å². The van der Waals surface area contributed by atoms with Crippen LogP contribution in [0.25, 0.3) is 0 Å². The summed E-state index contributed by atoms with van der Waals surface area (Å²) in [6.07, 6.45) is 4.60. The zero-order valence-corrected chi connectivity index (χ0v) is 8.47. The van der Waals surface area contributed by atoms with E-state index in [4.69, 9.17) is 10.8 Å². The molecule has 0 amide bonds. The van der Waals surface area contributed by atoms with Crippen LogP contribution in [0.3, 0.4) is 0 Å². The molecule has 0 aromatic carbocycles. The van der Waals surface area contributed by atoms with Gasteiger partial charge in [0.25, 0.3) is 0 Å². The lowest BCUT2D eigenvalue weighted by atomic mass is 9.89. The van der Waals surface area contributed by atoms with Crippen molar-refractivity contribution in [1.82, 2.24) is 0 Å². The van der Waals surface area contributed by atoms with Gasteiger partial charge >= 0.3 is 5.97 Å². The Bertz CT molecular complexity index is 209. The van der Waals surface area contributed by atoms with E-state index in [2.05, 4.69) is 13.8 Å². The zero-order valence-electron chi connectivity index (χ0n) is 8.47. The Hall–Kier alpha value is -0.570. The molecule has 0 bridgehead atoms. The summed E-state index contributed by atoms with van der Waals surface area (Å²) in [4.78, 5) is 10.9. The van der Waals surface area contributed by atoms with Crippen LogP contribution in [0.5, 0.6) is 0 Å². The van der Waals surface area contributed by atoms with Crippen LogP contribution in [-0.4, -0.2) is 16.6 Å². The van der Waals surface area contributed by atoms with Gasteiger partial charge in [0.05, 0.1) is 0 Å². The summed E-state index contributed by atoms with van der Waals surface area (Å²) in [6.45, 7) is 4.16. The molecule has 76 valence electrons. The molecule has 1 fully saturated rings. The first-order chi connectivity index (χ1) is 6.02. The highest BCUT2D eigenvalue weighted by molar-refractivity contribution is 5.84. The third kappa shape index (κ3) is 1.46. The molecule has 0 radical (unpaired) electrons. The van der Waals surface area contributed by atoms with Crippen molar-refractivity contribution in [3.8, 4) is 0 Å². The summed E-state index contributed by atoms with van der Waals surface area (Å²) in [5, 5.41) is 8.98. The Kier molecular flexibility index (Phi) is 2.66. The minimum atomic E-state index is -0.918. The maximum absolute atomic E-state index is 10.9. The number of rotatable bonds is 5. The van der Waals surface area contributed by atoms with Crippen LogP contribution in [0.4, 0.5) is 0 Å². The van der Waals surface area contributed by atoms with Crippen LogP contribution in [0, 0.1) is 5.41 Å². The summed E-state index contributed by atoms with van der Waals surface area (Å²) < 4.78 is 0. The lowest BCUT2D eigenvalue weighted by Crippen LogP contribution is -2.39. The predicted octanol–water partition coefficient (Wildman–Crippen LogP) is 1.76. The van der Waals surface area contributed by atoms with Crippen molar-refractivity contribution >= 4 is 5.97 Å². The lowest BCUT2D eigenvalue weighted by Gasteiger charge is -2.18. The van der Waals surface area contributed by atoms with E-state index in [9.17, 15) is 4.79 Å². The van der Waals surface area contributed by atoms with E-state index in [0.29, 0.717) is 6.42 Å². The minimum absolute atomic E-state index is 0.0949. The van der Waals surface area contributed by atoms with Gasteiger partial charge in [-0.1, -0.05) is 26.7 Å². The molecule has 0 spiro atoms. The van der Waals surface area contributed by atoms with E-state index in [1.54, 1.807) is 0 Å². The van der Waals surface area contributed by atoms with Gasteiger partial charge in [-0.3, -0.25) is 4.79 Å². The molecule has 0 aromatic heterocycles. The van der Waals surface area contributed by atoms with Gasteiger partial charge in [0.2, 0.25) is 0 Å². The molecule has 1 saturated carbocycles. The highest BCUT2D eigenvalue weighted by Crippen LogP contribution is 2.60. The summed E-state index contributed by atoms with van der Waals surface area (Å²) in [5.74, 6) is -0.825. The Morgan fingerprint density at radius 1 is 1.38 bits per heavy atom. The second kappa shape index (κ2) is 3.29. The molecule has 0 heterocycles. The fourth-order valence-electron chi connectivity index (χ4n) is 2.50. The van der Waals surface area contributed by atoms with Gasteiger partial charge in [-0.05, 0) is 19.3 Å². The number of carbonyl (C=O) groups is 1. The lowest BCUT2D eigenvalue weighted by molar-refractivity contribution is -0.140. The maximum Gasteiger partial charge on any atom is 0.324 e. The first-order valence-corrected chi connectivity index (χ1v) is 5.04. The Morgan fingerprint density at radius 2 is 1.85 bits per heavy atom. The first kappa shape index (κ1) is 10.5. The van der Waals surface area contributed by atoms with E-state index >= 15 is 0 Å². The van der Waals surface area contributed by atoms with Crippen LogP contribution in [0.15, 0.2) is 0 Å². The normalized spacial score (nSPS) is 30.1. The van der Waals surface area contributed by atoms with Crippen LogP contribution < -0.4 is 5.73 Å². The van der Waals surface area contributed by atoms with Gasteiger partial charge in [0.15, 0.2) is 0 Å². The standard InChI is InChI=1S/C10H19NO2/c1-3-5-9(6-4-2)7-10(9,11)8(12)13/h3-7,11H2,1-2H3,(H,12,13). The monoisotopic (exact) mass is 185 g/mol. The zero-order chi connectivity index (χ0) is 10.1. The molecule has 0 saturated heterocycles. The minimum Gasteiger partial charge on any atom is -0.480 e. The number of hydrogen-bond donors (Lipinski definition) is 2. The maximum atomic E-state index is 10.9. The number of aliphatic carboxylic acids is 1. The molecule has 3 nitrogen and oxygen atoms in total. The van der Waals surface area contributed by atoms with E-state index in [1.165, 1.54) is 0 Å². The molecular formula is C10H19NO2. The van der Waals surface area contributed by atoms with Crippen molar-refractivity contribution in [3.63, 3.8) is 0 Å².